The van der Waals surface area contributed by atoms with E-state index < -0.39 is 12.0 Å². The highest BCUT2D eigenvalue weighted by Crippen LogP contribution is 2.11. The molecule has 1 atom stereocenters. The van der Waals surface area contributed by atoms with Crippen LogP contribution in [0.5, 0.6) is 5.75 Å². The van der Waals surface area contributed by atoms with Crippen molar-refractivity contribution < 1.29 is 14.6 Å². The molecule has 1 unspecified atom stereocenters. The van der Waals surface area contributed by atoms with Crippen molar-refractivity contribution in [3.63, 3.8) is 0 Å². The Morgan fingerprint density at radius 3 is 2.28 bits per heavy atom. The van der Waals surface area contributed by atoms with Gasteiger partial charge in [0.2, 0.25) is 0 Å². The van der Waals surface area contributed by atoms with Gasteiger partial charge in [-0.3, -0.25) is 4.79 Å². The number of methoxy groups -OCH3 is 1. The van der Waals surface area contributed by atoms with E-state index in [0.717, 1.165) is 11.3 Å². The van der Waals surface area contributed by atoms with Crippen LogP contribution in [0.2, 0.25) is 0 Å². The number of rotatable bonds is 6. The zero-order chi connectivity index (χ0) is 12.8. The van der Waals surface area contributed by atoms with Gasteiger partial charge >= 0.3 is 5.97 Å². The Hall–Kier alpha value is -1.26. The number of nitrogens with one attached hydrogen (secondary N) is 1. The third-order valence-electron chi connectivity index (χ3n) is 2.62. The summed E-state index contributed by atoms with van der Waals surface area (Å²) in [6.07, 6.45) is 0. The van der Waals surface area contributed by atoms with E-state index >= 15 is 0 Å². The van der Waals surface area contributed by atoms with Gasteiger partial charge in [-0.15, -0.1) is 12.4 Å². The lowest BCUT2D eigenvalue weighted by molar-refractivity contribution is -0.140. The molecule has 0 fully saturated rings. The lowest BCUT2D eigenvalue weighted by Crippen LogP contribution is -2.40. The van der Waals surface area contributed by atoms with Crippen LogP contribution in [-0.4, -0.2) is 24.2 Å². The molecule has 18 heavy (non-hydrogen) atoms. The van der Waals surface area contributed by atoms with Gasteiger partial charge in [0.1, 0.15) is 11.8 Å². The molecule has 4 nitrogen and oxygen atoms in total. The number of hydrogen-bond acceptors (Lipinski definition) is 3. The molecule has 0 spiro atoms. The Kier molecular flexibility index (Phi) is 7.39. The molecule has 0 bridgehead atoms. The molecule has 0 aliphatic rings. The topological polar surface area (TPSA) is 58.6 Å². The zero-order valence-corrected chi connectivity index (χ0v) is 11.7. The summed E-state index contributed by atoms with van der Waals surface area (Å²) in [7, 11) is 1.62. The number of benzene rings is 1. The maximum Gasteiger partial charge on any atom is 0.320 e. The van der Waals surface area contributed by atoms with E-state index in [4.69, 9.17) is 9.84 Å². The molecule has 0 aromatic heterocycles. The average molecular weight is 274 g/mol. The number of ether oxygens (including phenoxy) is 1. The third-order valence-corrected chi connectivity index (χ3v) is 2.62. The van der Waals surface area contributed by atoms with Gasteiger partial charge in [0.05, 0.1) is 7.11 Å². The van der Waals surface area contributed by atoms with E-state index in [2.05, 4.69) is 5.32 Å². The first kappa shape index (κ1) is 16.7. The Morgan fingerprint density at radius 1 is 1.33 bits per heavy atom. The van der Waals surface area contributed by atoms with Gasteiger partial charge in [-0.1, -0.05) is 26.0 Å². The largest absolute Gasteiger partial charge is 0.497 e. The second-order valence-corrected chi connectivity index (χ2v) is 4.29. The highest BCUT2D eigenvalue weighted by molar-refractivity contribution is 5.85. The van der Waals surface area contributed by atoms with Gasteiger partial charge in [0.15, 0.2) is 0 Å². The maximum absolute atomic E-state index is 11.0. The van der Waals surface area contributed by atoms with Crippen LogP contribution in [0.25, 0.3) is 0 Å². The second-order valence-electron chi connectivity index (χ2n) is 4.29. The standard InChI is InChI=1S/C13H19NO3.ClH/c1-9(2)12(13(15)16)14-8-10-4-6-11(17-3)7-5-10;/h4-7,9,12,14H,8H2,1-3H3,(H,15,16);1H. The van der Waals surface area contributed by atoms with Crippen molar-refractivity contribution in [1.82, 2.24) is 5.32 Å². The predicted octanol–water partition coefficient (Wildman–Crippen LogP) is 2.32. The molecule has 102 valence electrons. The second kappa shape index (κ2) is 7.95. The van der Waals surface area contributed by atoms with Crippen LogP contribution in [0.1, 0.15) is 19.4 Å². The van der Waals surface area contributed by atoms with E-state index in [1.54, 1.807) is 7.11 Å². The molecule has 5 heteroatoms. The van der Waals surface area contributed by atoms with Gasteiger partial charge in [0, 0.05) is 6.54 Å². The fourth-order valence-electron chi connectivity index (χ4n) is 1.58. The molecule has 0 aliphatic carbocycles. The minimum atomic E-state index is -0.812. The lowest BCUT2D eigenvalue weighted by Gasteiger charge is -2.17. The normalized spacial score (nSPS) is 11.8. The fraction of sp³-hybridized carbons (Fsp3) is 0.462. The Labute approximate surface area is 114 Å². The number of carbonyl (C=O) groups is 1. The minimum Gasteiger partial charge on any atom is -0.497 e. The first-order valence-electron chi connectivity index (χ1n) is 5.63. The van der Waals surface area contributed by atoms with E-state index in [9.17, 15) is 4.79 Å². The molecule has 0 saturated heterocycles. The molecule has 0 saturated carbocycles. The molecule has 0 heterocycles. The molecule has 1 rings (SSSR count). The fourth-order valence-corrected chi connectivity index (χ4v) is 1.58. The number of hydrogen-bond donors (Lipinski definition) is 2. The van der Waals surface area contributed by atoms with Crippen molar-refractivity contribution in [3.05, 3.63) is 29.8 Å². The summed E-state index contributed by atoms with van der Waals surface area (Å²) in [5.41, 5.74) is 1.04. The summed E-state index contributed by atoms with van der Waals surface area (Å²) in [5.74, 6) is 0.0478. The molecule has 0 amide bonds. The smallest absolute Gasteiger partial charge is 0.320 e. The SMILES string of the molecule is COc1ccc(CNC(C(=O)O)C(C)C)cc1.Cl. The van der Waals surface area contributed by atoms with Crippen LogP contribution in [0.3, 0.4) is 0 Å². The van der Waals surface area contributed by atoms with Crippen molar-refractivity contribution in [2.24, 2.45) is 5.92 Å². The van der Waals surface area contributed by atoms with E-state index in [-0.39, 0.29) is 18.3 Å². The summed E-state index contributed by atoms with van der Waals surface area (Å²) < 4.78 is 5.06. The van der Waals surface area contributed by atoms with E-state index in [1.165, 1.54) is 0 Å². The van der Waals surface area contributed by atoms with Crippen molar-refractivity contribution in [3.8, 4) is 5.75 Å². The highest BCUT2D eigenvalue weighted by Gasteiger charge is 2.20. The minimum absolute atomic E-state index is 0. The van der Waals surface area contributed by atoms with Gasteiger partial charge < -0.3 is 15.2 Å². The molecular formula is C13H20ClNO3. The van der Waals surface area contributed by atoms with Crippen LogP contribution in [0.15, 0.2) is 24.3 Å². The summed E-state index contributed by atoms with van der Waals surface area (Å²) in [5, 5.41) is 12.1. The molecule has 1 aromatic rings. The molecule has 0 radical (unpaired) electrons. The summed E-state index contributed by atoms with van der Waals surface area (Å²) in [4.78, 5) is 11.0. The molecule has 0 aliphatic heterocycles. The zero-order valence-electron chi connectivity index (χ0n) is 10.8. The van der Waals surface area contributed by atoms with Crippen LogP contribution < -0.4 is 10.1 Å². The Balaban J connectivity index is 0.00000289. The summed E-state index contributed by atoms with van der Waals surface area (Å²) >= 11 is 0. The van der Waals surface area contributed by atoms with Crippen molar-refractivity contribution in [1.29, 1.82) is 0 Å². The van der Waals surface area contributed by atoms with Crippen LogP contribution in [0.4, 0.5) is 0 Å². The highest BCUT2D eigenvalue weighted by atomic mass is 35.5. The number of aliphatic carboxylic acids is 1. The van der Waals surface area contributed by atoms with Crippen molar-refractivity contribution in [2.45, 2.75) is 26.4 Å². The Bertz CT molecular complexity index is 365. The first-order chi connectivity index (χ1) is 8.04. The van der Waals surface area contributed by atoms with Gasteiger partial charge in [0.25, 0.3) is 0 Å². The van der Waals surface area contributed by atoms with Crippen molar-refractivity contribution in [2.75, 3.05) is 7.11 Å². The van der Waals surface area contributed by atoms with Crippen LogP contribution in [0, 0.1) is 5.92 Å². The maximum atomic E-state index is 11.0. The van der Waals surface area contributed by atoms with Gasteiger partial charge in [-0.2, -0.15) is 0 Å². The van der Waals surface area contributed by atoms with Gasteiger partial charge in [-0.25, -0.2) is 0 Å². The quantitative estimate of drug-likeness (QED) is 0.835. The number of halogens is 1. The van der Waals surface area contributed by atoms with E-state index in [1.807, 2.05) is 38.1 Å². The predicted molar refractivity (Wildman–Crippen MR) is 73.3 cm³/mol. The molecular weight excluding hydrogens is 254 g/mol. The lowest BCUT2D eigenvalue weighted by atomic mass is 10.0. The molecule has 2 N–H and O–H groups in total. The van der Waals surface area contributed by atoms with E-state index in [0.29, 0.717) is 6.54 Å². The third kappa shape index (κ3) is 4.94. The average Bonchev–Trinajstić information content (AvgIpc) is 2.29. The molecule has 1 aromatic carbocycles. The van der Waals surface area contributed by atoms with Crippen LogP contribution >= 0.6 is 12.4 Å². The number of carboxylic acids is 1. The summed E-state index contributed by atoms with van der Waals surface area (Å²) in [6.45, 7) is 4.32. The van der Waals surface area contributed by atoms with Crippen molar-refractivity contribution >= 4 is 18.4 Å². The first-order valence-corrected chi connectivity index (χ1v) is 5.63. The Morgan fingerprint density at radius 2 is 1.89 bits per heavy atom. The van der Waals surface area contributed by atoms with Crippen LogP contribution in [-0.2, 0) is 11.3 Å². The van der Waals surface area contributed by atoms with Gasteiger partial charge in [-0.05, 0) is 23.6 Å². The summed E-state index contributed by atoms with van der Waals surface area (Å²) in [6, 6.07) is 7.05. The number of carboxylic acid groups (broad SMARTS) is 1. The monoisotopic (exact) mass is 273 g/mol.